The van der Waals surface area contributed by atoms with Crippen LogP contribution >= 0.6 is 0 Å². The molecule has 0 fully saturated rings. The number of fused-ring (bicyclic) bond motifs is 1. The van der Waals surface area contributed by atoms with Gasteiger partial charge in [0, 0.05) is 23.5 Å². The fourth-order valence-corrected chi connectivity index (χ4v) is 1.15. The van der Waals surface area contributed by atoms with Gasteiger partial charge in [0.25, 0.3) is 0 Å². The lowest BCUT2D eigenvalue weighted by Crippen LogP contribution is -1.90. The van der Waals surface area contributed by atoms with E-state index in [2.05, 4.69) is 23.2 Å². The summed E-state index contributed by atoms with van der Waals surface area (Å²) in [5.74, 6) is 0. The zero-order chi connectivity index (χ0) is 6.10. The van der Waals surface area contributed by atoms with E-state index in [1.807, 2.05) is 6.20 Å². The van der Waals surface area contributed by atoms with Crippen LogP contribution < -0.4 is 0 Å². The first-order valence-electron chi connectivity index (χ1n) is 3.21. The van der Waals surface area contributed by atoms with E-state index in [9.17, 15) is 0 Å². The summed E-state index contributed by atoms with van der Waals surface area (Å²) in [7, 11) is 0. The van der Waals surface area contributed by atoms with Gasteiger partial charge in [0.15, 0.2) is 0 Å². The van der Waals surface area contributed by atoms with Gasteiger partial charge < -0.3 is 4.98 Å². The molecule has 0 saturated heterocycles. The van der Waals surface area contributed by atoms with Crippen molar-refractivity contribution in [3.63, 3.8) is 0 Å². The van der Waals surface area contributed by atoms with E-state index >= 15 is 0 Å². The van der Waals surface area contributed by atoms with E-state index in [0.29, 0.717) is 0 Å². The molecule has 2 rings (SSSR count). The average molecular weight is 118 g/mol. The Balaban J connectivity index is 2.53. The van der Waals surface area contributed by atoms with Crippen LogP contribution in [0.2, 0.25) is 0 Å². The van der Waals surface area contributed by atoms with Crippen LogP contribution in [0.1, 0.15) is 17.7 Å². The molecular formula is C8H8N. The second kappa shape index (κ2) is 1.76. The van der Waals surface area contributed by atoms with Gasteiger partial charge in [-0.25, -0.2) is 0 Å². The summed E-state index contributed by atoms with van der Waals surface area (Å²) in [5, 5.41) is 0. The molecule has 1 aromatic rings. The lowest BCUT2D eigenvalue weighted by Gasteiger charge is -2.01. The van der Waals surface area contributed by atoms with Crippen LogP contribution in [0.5, 0.6) is 0 Å². The van der Waals surface area contributed by atoms with Crippen molar-refractivity contribution < 1.29 is 0 Å². The van der Waals surface area contributed by atoms with Crippen molar-refractivity contribution in [1.82, 2.24) is 4.98 Å². The van der Waals surface area contributed by atoms with Gasteiger partial charge >= 0.3 is 0 Å². The zero-order valence-corrected chi connectivity index (χ0v) is 5.15. The molecule has 0 aliphatic heterocycles. The van der Waals surface area contributed by atoms with Gasteiger partial charge in [-0.15, -0.1) is 0 Å². The average Bonchev–Trinajstić information content (AvgIpc) is 2.33. The molecule has 0 aromatic carbocycles. The highest BCUT2D eigenvalue weighted by molar-refractivity contribution is 5.53. The van der Waals surface area contributed by atoms with E-state index < -0.39 is 0 Å². The second-order valence-corrected chi connectivity index (χ2v) is 2.27. The Morgan fingerprint density at radius 3 is 3.44 bits per heavy atom. The SMILES string of the molecule is [c]1c[nH]c2c1C=CCC2. The fraction of sp³-hybridized carbons (Fsp3) is 0.250. The molecule has 1 aliphatic rings. The van der Waals surface area contributed by atoms with Crippen LogP contribution in [0.4, 0.5) is 0 Å². The largest absolute Gasteiger partial charge is 0.364 e. The van der Waals surface area contributed by atoms with Crippen LogP contribution in [0, 0.1) is 6.07 Å². The molecule has 45 valence electrons. The number of aromatic amines is 1. The van der Waals surface area contributed by atoms with Crippen molar-refractivity contribution >= 4 is 6.08 Å². The number of nitrogens with one attached hydrogen (secondary N) is 1. The molecule has 1 radical (unpaired) electrons. The summed E-state index contributed by atoms with van der Waals surface area (Å²) < 4.78 is 0. The van der Waals surface area contributed by atoms with Crippen LogP contribution in [0.15, 0.2) is 12.3 Å². The molecule has 0 saturated carbocycles. The number of aromatic nitrogens is 1. The van der Waals surface area contributed by atoms with Gasteiger partial charge in [-0.3, -0.25) is 0 Å². The minimum absolute atomic E-state index is 1.15. The van der Waals surface area contributed by atoms with E-state index in [-0.39, 0.29) is 0 Å². The normalized spacial score (nSPS) is 15.6. The predicted molar refractivity (Wildman–Crippen MR) is 37.0 cm³/mol. The Morgan fingerprint density at radius 2 is 2.56 bits per heavy atom. The number of rotatable bonds is 0. The molecule has 0 amide bonds. The quantitative estimate of drug-likeness (QED) is 0.534. The first-order chi connectivity index (χ1) is 4.47. The molecule has 1 heteroatoms. The topological polar surface area (TPSA) is 15.8 Å². The van der Waals surface area contributed by atoms with Gasteiger partial charge in [0.1, 0.15) is 0 Å². The minimum atomic E-state index is 1.15. The maximum atomic E-state index is 3.15. The van der Waals surface area contributed by atoms with Gasteiger partial charge in [-0.1, -0.05) is 12.2 Å². The fourth-order valence-electron chi connectivity index (χ4n) is 1.15. The molecule has 1 nitrogen and oxygen atoms in total. The summed E-state index contributed by atoms with van der Waals surface area (Å²) >= 11 is 0. The molecule has 9 heavy (non-hydrogen) atoms. The molecule has 1 aromatic heterocycles. The Bertz CT molecular complexity index is 232. The Morgan fingerprint density at radius 1 is 1.56 bits per heavy atom. The lowest BCUT2D eigenvalue weighted by atomic mass is 10.1. The van der Waals surface area contributed by atoms with Crippen molar-refractivity contribution in [2.45, 2.75) is 12.8 Å². The maximum Gasteiger partial charge on any atom is 0.0230 e. The van der Waals surface area contributed by atoms with Gasteiger partial charge in [0.05, 0.1) is 0 Å². The van der Waals surface area contributed by atoms with E-state index in [1.54, 1.807) is 0 Å². The highest BCUT2D eigenvalue weighted by Crippen LogP contribution is 2.15. The smallest absolute Gasteiger partial charge is 0.0230 e. The number of aryl methyl sites for hydroxylation is 1. The Kier molecular flexibility index (Phi) is 0.950. The number of H-pyrrole nitrogens is 1. The number of hydrogen-bond acceptors (Lipinski definition) is 0. The third-order valence-electron chi connectivity index (χ3n) is 1.64. The third kappa shape index (κ3) is 0.689. The van der Waals surface area contributed by atoms with Gasteiger partial charge in [-0.2, -0.15) is 0 Å². The van der Waals surface area contributed by atoms with Crippen molar-refractivity contribution in [2.75, 3.05) is 0 Å². The molecular weight excluding hydrogens is 110 g/mol. The highest BCUT2D eigenvalue weighted by Gasteiger charge is 2.02. The lowest BCUT2D eigenvalue weighted by molar-refractivity contribution is 0.945. The summed E-state index contributed by atoms with van der Waals surface area (Å²) in [6, 6.07) is 3.12. The molecule has 0 atom stereocenters. The van der Waals surface area contributed by atoms with E-state index in [0.717, 1.165) is 6.42 Å². The molecule has 0 bridgehead atoms. The van der Waals surface area contributed by atoms with Crippen molar-refractivity contribution in [3.8, 4) is 0 Å². The molecule has 1 aliphatic carbocycles. The van der Waals surface area contributed by atoms with Gasteiger partial charge in [0.2, 0.25) is 0 Å². The molecule has 1 heterocycles. The number of allylic oxidation sites excluding steroid dienone is 1. The Hall–Kier alpha value is -0.980. The monoisotopic (exact) mass is 118 g/mol. The third-order valence-corrected chi connectivity index (χ3v) is 1.64. The van der Waals surface area contributed by atoms with E-state index in [1.165, 1.54) is 17.7 Å². The maximum absolute atomic E-state index is 3.15. The molecule has 0 spiro atoms. The summed E-state index contributed by atoms with van der Waals surface area (Å²) in [5.41, 5.74) is 2.57. The second-order valence-electron chi connectivity index (χ2n) is 2.27. The predicted octanol–water partition coefficient (Wildman–Crippen LogP) is 1.77. The van der Waals surface area contributed by atoms with Crippen LogP contribution in [-0.2, 0) is 6.42 Å². The first-order valence-corrected chi connectivity index (χ1v) is 3.21. The van der Waals surface area contributed by atoms with Crippen molar-refractivity contribution in [3.05, 3.63) is 29.6 Å². The minimum Gasteiger partial charge on any atom is -0.364 e. The standard InChI is InChI=1S/C8H8N/c1-2-4-8-7(3-1)5-6-9-8/h1,3,6,9H,2,4H2. The van der Waals surface area contributed by atoms with Crippen molar-refractivity contribution in [1.29, 1.82) is 0 Å². The highest BCUT2D eigenvalue weighted by atomic mass is 14.7. The van der Waals surface area contributed by atoms with Crippen LogP contribution in [0.3, 0.4) is 0 Å². The van der Waals surface area contributed by atoms with E-state index in [4.69, 9.17) is 0 Å². The Labute approximate surface area is 54.4 Å². The number of hydrogen-bond donors (Lipinski definition) is 1. The summed E-state index contributed by atoms with van der Waals surface area (Å²) in [4.78, 5) is 3.15. The zero-order valence-electron chi connectivity index (χ0n) is 5.15. The first kappa shape index (κ1) is 4.86. The van der Waals surface area contributed by atoms with Gasteiger partial charge in [-0.05, 0) is 12.8 Å². The molecule has 1 N–H and O–H groups in total. The summed E-state index contributed by atoms with van der Waals surface area (Å²) in [6.45, 7) is 0. The van der Waals surface area contributed by atoms with Crippen LogP contribution in [-0.4, -0.2) is 4.98 Å². The van der Waals surface area contributed by atoms with Crippen molar-refractivity contribution in [2.24, 2.45) is 0 Å². The molecule has 0 unspecified atom stereocenters. The summed E-state index contributed by atoms with van der Waals surface area (Å²) in [6.07, 6.45) is 8.50. The van der Waals surface area contributed by atoms with Crippen LogP contribution in [0.25, 0.3) is 6.08 Å².